The van der Waals surface area contributed by atoms with E-state index < -0.39 is 10.0 Å². The molecule has 0 fully saturated rings. The topological polar surface area (TPSA) is 85.1 Å². The van der Waals surface area contributed by atoms with Crippen LogP contribution in [0.1, 0.15) is 0 Å². The number of aromatic nitrogens is 1. The predicted octanol–water partition coefficient (Wildman–Crippen LogP) is 1.30. The van der Waals surface area contributed by atoms with E-state index in [1.807, 2.05) is 0 Å². The Bertz CT molecular complexity index is 635. The average Bonchev–Trinajstić information content (AvgIpc) is 2.76. The molecule has 0 radical (unpaired) electrons. The molecule has 0 saturated heterocycles. The SMILES string of the molecule is CNS(=O)(=O)c1cccc(-c2csc(N)n2)c1. The van der Waals surface area contributed by atoms with Gasteiger partial charge in [-0.1, -0.05) is 12.1 Å². The van der Waals surface area contributed by atoms with Crippen LogP contribution in [0.2, 0.25) is 0 Å². The minimum absolute atomic E-state index is 0.212. The number of nitrogens with zero attached hydrogens (tertiary/aromatic N) is 1. The highest BCUT2D eigenvalue weighted by Crippen LogP contribution is 2.24. The molecule has 0 aliphatic heterocycles. The molecule has 0 unspecified atom stereocenters. The minimum atomic E-state index is -3.43. The molecule has 1 heterocycles. The molecule has 17 heavy (non-hydrogen) atoms. The molecule has 0 atom stereocenters. The molecule has 0 spiro atoms. The van der Waals surface area contributed by atoms with E-state index in [0.29, 0.717) is 10.8 Å². The molecular weight excluding hydrogens is 258 g/mol. The zero-order valence-corrected chi connectivity index (χ0v) is 10.7. The lowest BCUT2D eigenvalue weighted by Gasteiger charge is -2.03. The second kappa shape index (κ2) is 4.44. The normalized spacial score (nSPS) is 11.6. The van der Waals surface area contributed by atoms with Gasteiger partial charge in [-0.05, 0) is 19.2 Å². The average molecular weight is 269 g/mol. The summed E-state index contributed by atoms with van der Waals surface area (Å²) < 4.78 is 25.5. The lowest BCUT2D eigenvalue weighted by atomic mass is 10.2. The van der Waals surface area contributed by atoms with Crippen molar-refractivity contribution in [3.05, 3.63) is 29.6 Å². The van der Waals surface area contributed by atoms with Gasteiger partial charge in [0.05, 0.1) is 10.6 Å². The van der Waals surface area contributed by atoms with Gasteiger partial charge in [-0.25, -0.2) is 18.1 Å². The maximum Gasteiger partial charge on any atom is 0.240 e. The second-order valence-electron chi connectivity index (χ2n) is 3.31. The predicted molar refractivity (Wildman–Crippen MR) is 68.2 cm³/mol. The zero-order chi connectivity index (χ0) is 12.5. The van der Waals surface area contributed by atoms with Crippen LogP contribution in [-0.2, 0) is 10.0 Å². The van der Waals surface area contributed by atoms with Crippen molar-refractivity contribution < 1.29 is 8.42 Å². The number of hydrogen-bond donors (Lipinski definition) is 2. The number of hydrogen-bond acceptors (Lipinski definition) is 5. The number of benzene rings is 1. The fourth-order valence-corrected chi connectivity index (χ4v) is 2.71. The lowest BCUT2D eigenvalue weighted by molar-refractivity contribution is 0.588. The molecular formula is C10H11N3O2S2. The molecule has 2 rings (SSSR count). The molecule has 3 N–H and O–H groups in total. The van der Waals surface area contributed by atoms with Gasteiger partial charge in [-0.2, -0.15) is 0 Å². The largest absolute Gasteiger partial charge is 0.375 e. The highest BCUT2D eigenvalue weighted by molar-refractivity contribution is 7.89. The smallest absolute Gasteiger partial charge is 0.240 e. The van der Waals surface area contributed by atoms with Crippen molar-refractivity contribution in [2.24, 2.45) is 0 Å². The molecule has 0 amide bonds. The number of nitrogens with one attached hydrogen (secondary N) is 1. The fourth-order valence-electron chi connectivity index (χ4n) is 1.36. The maximum absolute atomic E-state index is 11.6. The fraction of sp³-hybridized carbons (Fsp3) is 0.100. The first-order valence-corrected chi connectivity index (χ1v) is 7.14. The van der Waals surface area contributed by atoms with Crippen molar-refractivity contribution in [1.82, 2.24) is 9.71 Å². The van der Waals surface area contributed by atoms with Gasteiger partial charge in [-0.3, -0.25) is 0 Å². The van der Waals surface area contributed by atoms with E-state index in [4.69, 9.17) is 5.73 Å². The van der Waals surface area contributed by atoms with Crippen LogP contribution in [0.3, 0.4) is 0 Å². The standard InChI is InChI=1S/C10H11N3O2S2/c1-12-17(14,15)8-4-2-3-7(5-8)9-6-16-10(11)13-9/h2-6,12H,1H3,(H2,11,13). The number of nitrogen functional groups attached to an aromatic ring is 1. The number of thiazole rings is 1. The maximum atomic E-state index is 11.6. The summed E-state index contributed by atoms with van der Waals surface area (Å²) in [6, 6.07) is 6.57. The Morgan fingerprint density at radius 1 is 1.41 bits per heavy atom. The van der Waals surface area contributed by atoms with Crippen LogP contribution in [0, 0.1) is 0 Å². The van der Waals surface area contributed by atoms with Crippen molar-refractivity contribution in [2.75, 3.05) is 12.8 Å². The first-order chi connectivity index (χ1) is 8.03. The Labute approximate surface area is 103 Å². The van der Waals surface area contributed by atoms with E-state index in [1.54, 1.807) is 23.6 Å². The molecule has 0 aliphatic rings. The van der Waals surface area contributed by atoms with E-state index in [9.17, 15) is 8.42 Å². The van der Waals surface area contributed by atoms with Crippen molar-refractivity contribution in [3.8, 4) is 11.3 Å². The summed E-state index contributed by atoms with van der Waals surface area (Å²) in [5.41, 5.74) is 6.95. The number of nitrogens with two attached hydrogens (primary N) is 1. The number of anilines is 1. The number of sulfonamides is 1. The van der Waals surface area contributed by atoms with Gasteiger partial charge >= 0.3 is 0 Å². The third-order valence-corrected chi connectivity index (χ3v) is 4.32. The zero-order valence-electron chi connectivity index (χ0n) is 9.04. The van der Waals surface area contributed by atoms with Crippen LogP contribution < -0.4 is 10.5 Å². The summed E-state index contributed by atoms with van der Waals surface area (Å²) in [7, 11) is -2.05. The molecule has 0 bridgehead atoms. The van der Waals surface area contributed by atoms with Crippen LogP contribution in [0.5, 0.6) is 0 Å². The summed E-state index contributed by atoms with van der Waals surface area (Å²) >= 11 is 1.32. The second-order valence-corrected chi connectivity index (χ2v) is 6.08. The summed E-state index contributed by atoms with van der Waals surface area (Å²) in [4.78, 5) is 4.32. The molecule has 0 saturated carbocycles. The van der Waals surface area contributed by atoms with Gasteiger partial charge < -0.3 is 5.73 Å². The molecule has 7 heteroatoms. The summed E-state index contributed by atoms with van der Waals surface area (Å²) in [6.07, 6.45) is 0. The van der Waals surface area contributed by atoms with E-state index >= 15 is 0 Å². The third kappa shape index (κ3) is 2.46. The van der Waals surface area contributed by atoms with Crippen LogP contribution in [-0.4, -0.2) is 20.4 Å². The van der Waals surface area contributed by atoms with Gasteiger partial charge in [0.15, 0.2) is 5.13 Å². The Morgan fingerprint density at radius 2 is 2.18 bits per heavy atom. The Hall–Kier alpha value is -1.44. The van der Waals surface area contributed by atoms with E-state index in [2.05, 4.69) is 9.71 Å². The summed E-state index contributed by atoms with van der Waals surface area (Å²) in [5.74, 6) is 0. The van der Waals surface area contributed by atoms with E-state index in [1.165, 1.54) is 24.5 Å². The Kier molecular flexibility index (Phi) is 3.14. The first kappa shape index (κ1) is 12.0. The first-order valence-electron chi connectivity index (χ1n) is 4.78. The monoisotopic (exact) mass is 269 g/mol. The van der Waals surface area contributed by atoms with Crippen LogP contribution in [0.15, 0.2) is 34.5 Å². The van der Waals surface area contributed by atoms with Gasteiger partial charge in [0, 0.05) is 10.9 Å². The van der Waals surface area contributed by atoms with Crippen LogP contribution in [0.25, 0.3) is 11.3 Å². The molecule has 1 aromatic carbocycles. The van der Waals surface area contributed by atoms with Crippen molar-refractivity contribution in [1.29, 1.82) is 0 Å². The highest BCUT2D eigenvalue weighted by Gasteiger charge is 2.12. The Morgan fingerprint density at radius 3 is 2.76 bits per heavy atom. The lowest BCUT2D eigenvalue weighted by Crippen LogP contribution is -2.18. The third-order valence-electron chi connectivity index (χ3n) is 2.23. The van der Waals surface area contributed by atoms with Gasteiger partial charge in [0.25, 0.3) is 0 Å². The minimum Gasteiger partial charge on any atom is -0.375 e. The van der Waals surface area contributed by atoms with Crippen molar-refractivity contribution >= 4 is 26.5 Å². The van der Waals surface area contributed by atoms with Crippen molar-refractivity contribution in [3.63, 3.8) is 0 Å². The van der Waals surface area contributed by atoms with Crippen LogP contribution in [0.4, 0.5) is 5.13 Å². The highest BCUT2D eigenvalue weighted by atomic mass is 32.2. The molecule has 5 nitrogen and oxygen atoms in total. The van der Waals surface area contributed by atoms with Crippen LogP contribution >= 0.6 is 11.3 Å². The van der Waals surface area contributed by atoms with E-state index in [-0.39, 0.29) is 4.90 Å². The molecule has 0 aliphatic carbocycles. The summed E-state index contributed by atoms with van der Waals surface area (Å²) in [5, 5.41) is 2.25. The molecule has 90 valence electrons. The van der Waals surface area contributed by atoms with Gasteiger partial charge in [0.2, 0.25) is 10.0 Å². The quantitative estimate of drug-likeness (QED) is 0.879. The number of rotatable bonds is 3. The molecule has 2 aromatic rings. The Balaban J connectivity index is 2.49. The van der Waals surface area contributed by atoms with E-state index in [0.717, 1.165) is 5.56 Å². The summed E-state index contributed by atoms with van der Waals surface area (Å²) in [6.45, 7) is 0. The van der Waals surface area contributed by atoms with Gasteiger partial charge in [-0.15, -0.1) is 11.3 Å². The van der Waals surface area contributed by atoms with Crippen molar-refractivity contribution in [2.45, 2.75) is 4.90 Å². The van der Waals surface area contributed by atoms with Gasteiger partial charge in [0.1, 0.15) is 0 Å². The molecule has 1 aromatic heterocycles.